The van der Waals surface area contributed by atoms with Crippen molar-refractivity contribution in [3.8, 4) is 44.9 Å². The number of para-hydroxylation sites is 3. The maximum Gasteiger partial charge on any atom is 0.143 e. The number of hydrogen-bond donors (Lipinski definition) is 0. The standard InChI is InChI=1S/C43H26O2/c1-2-13-29(33-17-11-18-34-32-16-5-9-22-39(32)45-42(33)34)28(12-1)27-24-25-41-38(26-27)43(37-21-8-10-23-40(37)44-41)35-19-6-3-14-30(35)31-15-4-7-20-36(31)43/h1-26H/i1D,2D,3D,4D,6D,7D,8D,10D,12D,13D,14D,15D,19D,20D,21D,23D,24D,25D,26D. The van der Waals surface area contributed by atoms with E-state index < -0.39 is 176 Å². The van der Waals surface area contributed by atoms with Crippen molar-refractivity contribution >= 4 is 21.9 Å². The van der Waals surface area contributed by atoms with Crippen LogP contribution in [0.15, 0.2) is 162 Å². The molecule has 0 N–H and O–H groups in total. The molecule has 1 aliphatic heterocycles. The third-order valence-corrected chi connectivity index (χ3v) is 8.37. The predicted molar refractivity (Wildman–Crippen MR) is 182 cm³/mol. The van der Waals surface area contributed by atoms with Crippen molar-refractivity contribution in [1.29, 1.82) is 0 Å². The van der Waals surface area contributed by atoms with Crippen molar-refractivity contribution in [2.24, 2.45) is 0 Å². The zero-order valence-corrected chi connectivity index (χ0v) is 22.9. The summed E-state index contributed by atoms with van der Waals surface area (Å²) in [6.45, 7) is 0. The van der Waals surface area contributed by atoms with Gasteiger partial charge in [0.1, 0.15) is 22.7 Å². The molecule has 2 aliphatic rings. The second kappa shape index (κ2) is 9.07. The number of ether oxygens (including phenoxy) is 1. The van der Waals surface area contributed by atoms with Crippen LogP contribution in [0, 0.1) is 0 Å². The Morgan fingerprint density at radius 3 is 1.89 bits per heavy atom. The number of furan rings is 1. The van der Waals surface area contributed by atoms with Gasteiger partial charge >= 0.3 is 0 Å². The summed E-state index contributed by atoms with van der Waals surface area (Å²) < 4.78 is 186. The Kier molecular flexibility index (Phi) is 2.55. The lowest BCUT2D eigenvalue weighted by molar-refractivity contribution is 0.436. The number of benzene rings is 7. The Labute approximate surface area is 287 Å². The van der Waals surface area contributed by atoms with Crippen LogP contribution in [0.5, 0.6) is 11.5 Å². The molecule has 0 unspecified atom stereocenters. The number of hydrogen-bond acceptors (Lipinski definition) is 2. The molecule has 0 atom stereocenters. The first-order valence-electron chi connectivity index (χ1n) is 23.4. The quantitative estimate of drug-likeness (QED) is 0.199. The Balaban J connectivity index is 1.48. The second-order valence-electron chi connectivity index (χ2n) is 10.5. The van der Waals surface area contributed by atoms with E-state index in [1.54, 1.807) is 36.4 Å². The van der Waals surface area contributed by atoms with E-state index in [0.29, 0.717) is 16.4 Å². The molecule has 0 saturated carbocycles. The molecule has 1 aromatic heterocycles. The SMILES string of the molecule is [2H]c1c([2H])c([2H])c2c(c1[2H])Oc1c([2H])c([2H])c(-c3c([2H])c([2H])c([2H])c([2H])c3-c3cccc4c3oc3ccccc34)c([2H])c1C21c2c([2H])c([2H])c([2H])c([2H])c2-c2c([2H])c([2H])c([2H])c([2H])c21. The van der Waals surface area contributed by atoms with E-state index in [1.165, 1.54) is 6.07 Å². The van der Waals surface area contributed by atoms with Gasteiger partial charge < -0.3 is 9.15 Å². The molecule has 2 heterocycles. The third kappa shape index (κ3) is 3.23. The molecule has 1 aliphatic carbocycles. The topological polar surface area (TPSA) is 22.4 Å². The van der Waals surface area contributed by atoms with E-state index in [1.807, 2.05) is 0 Å². The van der Waals surface area contributed by atoms with E-state index in [0.717, 1.165) is 0 Å². The van der Waals surface area contributed by atoms with Crippen LogP contribution in [0.4, 0.5) is 0 Å². The highest BCUT2D eigenvalue weighted by atomic mass is 16.5. The molecule has 7 aromatic carbocycles. The lowest BCUT2D eigenvalue weighted by atomic mass is 9.65. The predicted octanol–water partition coefficient (Wildman–Crippen LogP) is 11.4. The smallest absolute Gasteiger partial charge is 0.143 e. The largest absolute Gasteiger partial charge is 0.457 e. The number of rotatable bonds is 2. The van der Waals surface area contributed by atoms with Crippen molar-refractivity contribution in [3.63, 3.8) is 0 Å². The summed E-state index contributed by atoms with van der Waals surface area (Å²) >= 11 is 0. The Morgan fingerprint density at radius 1 is 0.467 bits per heavy atom. The van der Waals surface area contributed by atoms with Gasteiger partial charge in [0.25, 0.3) is 0 Å². The van der Waals surface area contributed by atoms with Crippen LogP contribution in [-0.4, -0.2) is 0 Å². The van der Waals surface area contributed by atoms with E-state index in [-0.39, 0.29) is 16.7 Å². The Morgan fingerprint density at radius 2 is 1.09 bits per heavy atom. The molecule has 10 rings (SSSR count). The van der Waals surface area contributed by atoms with Crippen LogP contribution in [0.2, 0.25) is 0 Å². The van der Waals surface area contributed by atoms with Crippen molar-refractivity contribution < 1.29 is 35.2 Å². The van der Waals surface area contributed by atoms with Gasteiger partial charge in [0.2, 0.25) is 0 Å². The average Bonchev–Trinajstić information content (AvgIpc) is 3.82. The van der Waals surface area contributed by atoms with E-state index >= 15 is 0 Å². The molecular weight excluding hydrogens is 548 g/mol. The lowest BCUT2D eigenvalue weighted by Gasteiger charge is -2.39. The Hall–Kier alpha value is -5.86. The first kappa shape index (κ1) is 12.6. The number of fused-ring (bicyclic) bond motifs is 12. The highest BCUT2D eigenvalue weighted by Crippen LogP contribution is 2.62. The minimum absolute atomic E-state index is 0.101. The van der Waals surface area contributed by atoms with E-state index in [9.17, 15) is 13.7 Å². The molecule has 0 fully saturated rings. The van der Waals surface area contributed by atoms with Crippen molar-refractivity contribution in [2.45, 2.75) is 5.41 Å². The summed E-state index contributed by atoms with van der Waals surface area (Å²) in [5.74, 6) is -1.45. The van der Waals surface area contributed by atoms with Gasteiger partial charge in [0.05, 0.1) is 31.5 Å². The molecule has 8 aromatic rings. The molecule has 210 valence electrons. The minimum Gasteiger partial charge on any atom is -0.457 e. The molecule has 0 bridgehead atoms. The van der Waals surface area contributed by atoms with Crippen LogP contribution < -0.4 is 4.74 Å². The average molecular weight is 594 g/mol. The van der Waals surface area contributed by atoms with Crippen molar-refractivity contribution in [2.75, 3.05) is 0 Å². The zero-order chi connectivity index (χ0) is 46.1. The third-order valence-electron chi connectivity index (χ3n) is 8.37. The Bertz CT molecular complexity index is 3470. The first-order valence-corrected chi connectivity index (χ1v) is 13.9. The highest BCUT2D eigenvalue weighted by molar-refractivity contribution is 6.10. The van der Waals surface area contributed by atoms with Gasteiger partial charge in [-0.3, -0.25) is 0 Å². The van der Waals surface area contributed by atoms with Crippen LogP contribution >= 0.6 is 0 Å². The van der Waals surface area contributed by atoms with E-state index in [4.69, 9.17) is 21.5 Å². The van der Waals surface area contributed by atoms with E-state index in [2.05, 4.69) is 0 Å². The summed E-state index contributed by atoms with van der Waals surface area (Å²) in [6.07, 6.45) is 0. The normalized spacial score (nSPS) is 19.6. The highest BCUT2D eigenvalue weighted by Gasteiger charge is 2.51. The summed E-state index contributed by atoms with van der Waals surface area (Å²) in [6, 6.07) is -3.79. The fourth-order valence-electron chi connectivity index (χ4n) is 6.56. The van der Waals surface area contributed by atoms with Crippen LogP contribution in [0.25, 0.3) is 55.3 Å². The van der Waals surface area contributed by atoms with Gasteiger partial charge in [-0.25, -0.2) is 0 Å². The monoisotopic (exact) mass is 593 g/mol. The van der Waals surface area contributed by atoms with Crippen LogP contribution in [0.1, 0.15) is 48.3 Å². The van der Waals surface area contributed by atoms with Crippen LogP contribution in [-0.2, 0) is 5.41 Å². The minimum atomic E-state index is -2.77. The molecule has 45 heavy (non-hydrogen) atoms. The van der Waals surface area contributed by atoms with Gasteiger partial charge in [-0.15, -0.1) is 0 Å². The summed E-state index contributed by atoms with van der Waals surface area (Å²) in [4.78, 5) is 0. The maximum atomic E-state index is 10.2. The fourth-order valence-corrected chi connectivity index (χ4v) is 6.56. The zero-order valence-electron chi connectivity index (χ0n) is 41.9. The fraction of sp³-hybridized carbons (Fsp3) is 0.0233. The summed E-state index contributed by atoms with van der Waals surface area (Å²) in [5, 5.41) is 1.22. The van der Waals surface area contributed by atoms with Crippen LogP contribution in [0.3, 0.4) is 0 Å². The molecule has 0 amide bonds. The summed E-state index contributed by atoms with van der Waals surface area (Å²) in [7, 11) is 0. The van der Waals surface area contributed by atoms with Gasteiger partial charge in [0.15, 0.2) is 0 Å². The maximum absolute atomic E-state index is 10.2. The molecule has 2 nitrogen and oxygen atoms in total. The first-order chi connectivity index (χ1) is 30.2. The van der Waals surface area contributed by atoms with Gasteiger partial charge in [-0.2, -0.15) is 0 Å². The van der Waals surface area contributed by atoms with Gasteiger partial charge in [-0.05, 0) is 63.1 Å². The molecule has 0 saturated heterocycles. The van der Waals surface area contributed by atoms with Crippen molar-refractivity contribution in [3.05, 3.63) is 180 Å². The molecule has 0 radical (unpaired) electrons. The molecular formula is C43H26O2. The molecule has 1 spiro atoms. The molecule has 2 heteroatoms. The second-order valence-corrected chi connectivity index (χ2v) is 10.5. The van der Waals surface area contributed by atoms with Gasteiger partial charge in [0, 0.05) is 27.5 Å². The lowest BCUT2D eigenvalue weighted by Crippen LogP contribution is -2.32. The summed E-state index contributed by atoms with van der Waals surface area (Å²) in [5.41, 5.74) is -6.80. The van der Waals surface area contributed by atoms with Crippen molar-refractivity contribution in [1.82, 2.24) is 0 Å². The van der Waals surface area contributed by atoms with Gasteiger partial charge in [-0.1, -0.05) is 133 Å².